The number of carbonyl (C=O) groups is 1. The van der Waals surface area contributed by atoms with Gasteiger partial charge in [-0.25, -0.2) is 0 Å². The summed E-state index contributed by atoms with van der Waals surface area (Å²) < 4.78 is 5.65. The van der Waals surface area contributed by atoms with Crippen LogP contribution >= 0.6 is 11.6 Å². The van der Waals surface area contributed by atoms with E-state index >= 15 is 0 Å². The molecule has 0 radical (unpaired) electrons. The molecule has 1 N–H and O–H groups in total. The molecular formula is C20H15ClN4O2. The molecular weight excluding hydrogens is 364 g/mol. The Bertz CT molecular complexity index is 1140. The van der Waals surface area contributed by atoms with Crippen LogP contribution in [0, 0.1) is 6.92 Å². The first-order chi connectivity index (χ1) is 13.1. The molecule has 0 aliphatic carbocycles. The van der Waals surface area contributed by atoms with Crippen LogP contribution in [0.25, 0.3) is 22.4 Å². The van der Waals surface area contributed by atoms with E-state index in [-0.39, 0.29) is 18.2 Å². The number of amides is 1. The first-order valence-corrected chi connectivity index (χ1v) is 8.70. The fraction of sp³-hybridized carbons (Fsp3) is 0.100. The Labute approximate surface area is 160 Å². The summed E-state index contributed by atoms with van der Waals surface area (Å²) in [4.78, 5) is 16.5. The van der Waals surface area contributed by atoms with E-state index in [0.29, 0.717) is 16.6 Å². The van der Waals surface area contributed by atoms with Crippen molar-refractivity contribution in [1.82, 2.24) is 15.2 Å². The van der Waals surface area contributed by atoms with Crippen LogP contribution in [-0.4, -0.2) is 21.1 Å². The average molecular weight is 379 g/mol. The van der Waals surface area contributed by atoms with E-state index in [4.69, 9.17) is 16.0 Å². The molecule has 2 aromatic heterocycles. The Morgan fingerprint density at radius 1 is 1.15 bits per heavy atom. The molecule has 0 saturated carbocycles. The van der Waals surface area contributed by atoms with Gasteiger partial charge in [-0.1, -0.05) is 17.7 Å². The molecule has 0 aliphatic heterocycles. The number of fused-ring (bicyclic) bond motifs is 1. The molecule has 0 bridgehead atoms. The highest BCUT2D eigenvalue weighted by Crippen LogP contribution is 2.23. The number of benzene rings is 2. The number of aromatic nitrogens is 3. The van der Waals surface area contributed by atoms with Gasteiger partial charge >= 0.3 is 0 Å². The predicted octanol–water partition coefficient (Wildman–Crippen LogP) is 4.43. The number of anilines is 1. The first-order valence-electron chi connectivity index (χ1n) is 8.32. The van der Waals surface area contributed by atoms with Crippen LogP contribution in [0.2, 0.25) is 5.02 Å². The van der Waals surface area contributed by atoms with Gasteiger partial charge in [-0.15, -0.1) is 10.2 Å². The van der Waals surface area contributed by atoms with Crippen molar-refractivity contribution in [2.75, 3.05) is 5.32 Å². The van der Waals surface area contributed by atoms with Gasteiger partial charge in [0.15, 0.2) is 0 Å². The molecule has 0 atom stereocenters. The van der Waals surface area contributed by atoms with Gasteiger partial charge in [0.05, 0.1) is 5.52 Å². The van der Waals surface area contributed by atoms with Crippen LogP contribution in [0.5, 0.6) is 0 Å². The third-order valence-electron chi connectivity index (χ3n) is 4.09. The van der Waals surface area contributed by atoms with Gasteiger partial charge in [0, 0.05) is 27.9 Å². The van der Waals surface area contributed by atoms with Crippen LogP contribution in [0.3, 0.4) is 0 Å². The zero-order chi connectivity index (χ0) is 18.8. The highest BCUT2D eigenvalue weighted by Gasteiger charge is 2.14. The minimum Gasteiger partial charge on any atom is -0.420 e. The quantitative estimate of drug-likeness (QED) is 0.568. The normalized spacial score (nSPS) is 10.9. The number of hydrogen-bond acceptors (Lipinski definition) is 5. The summed E-state index contributed by atoms with van der Waals surface area (Å²) in [6.45, 7) is 1.88. The summed E-state index contributed by atoms with van der Waals surface area (Å²) in [5.74, 6) is 0.380. The van der Waals surface area contributed by atoms with E-state index in [1.807, 2.05) is 37.3 Å². The van der Waals surface area contributed by atoms with Gasteiger partial charge in [-0.2, -0.15) is 0 Å². The van der Waals surface area contributed by atoms with Crippen molar-refractivity contribution < 1.29 is 9.21 Å². The Morgan fingerprint density at radius 3 is 2.89 bits per heavy atom. The highest BCUT2D eigenvalue weighted by molar-refractivity contribution is 6.30. The highest BCUT2D eigenvalue weighted by atomic mass is 35.5. The van der Waals surface area contributed by atoms with Crippen molar-refractivity contribution in [3.05, 3.63) is 71.2 Å². The lowest BCUT2D eigenvalue weighted by Gasteiger charge is -2.07. The average Bonchev–Trinajstić information content (AvgIpc) is 3.12. The van der Waals surface area contributed by atoms with Crippen LogP contribution in [0.4, 0.5) is 5.69 Å². The zero-order valence-corrected chi connectivity index (χ0v) is 15.2. The largest absolute Gasteiger partial charge is 0.420 e. The van der Waals surface area contributed by atoms with Gasteiger partial charge in [0.25, 0.3) is 0 Å². The van der Waals surface area contributed by atoms with Crippen LogP contribution in [0.1, 0.15) is 11.5 Å². The minimum absolute atomic E-state index is 0.00972. The maximum absolute atomic E-state index is 12.3. The summed E-state index contributed by atoms with van der Waals surface area (Å²) in [7, 11) is 0. The second kappa shape index (κ2) is 7.17. The zero-order valence-electron chi connectivity index (χ0n) is 14.4. The van der Waals surface area contributed by atoms with Crippen molar-refractivity contribution in [2.24, 2.45) is 0 Å². The molecule has 1 amide bonds. The fourth-order valence-electron chi connectivity index (χ4n) is 2.75. The third kappa shape index (κ3) is 3.80. The molecule has 0 saturated heterocycles. The van der Waals surface area contributed by atoms with Crippen LogP contribution in [0.15, 0.2) is 59.1 Å². The Kier molecular flexibility index (Phi) is 4.56. The van der Waals surface area contributed by atoms with Gasteiger partial charge in [-0.05, 0) is 55.0 Å². The summed E-state index contributed by atoms with van der Waals surface area (Å²) in [5, 5.41) is 12.5. The van der Waals surface area contributed by atoms with Crippen LogP contribution in [-0.2, 0) is 11.2 Å². The number of rotatable bonds is 4. The molecule has 4 aromatic rings. The smallest absolute Gasteiger partial charge is 0.247 e. The van der Waals surface area contributed by atoms with Crippen molar-refractivity contribution in [2.45, 2.75) is 13.3 Å². The van der Waals surface area contributed by atoms with Gasteiger partial charge in [-0.3, -0.25) is 9.78 Å². The lowest BCUT2D eigenvalue weighted by Crippen LogP contribution is -2.15. The van der Waals surface area contributed by atoms with Crippen molar-refractivity contribution >= 4 is 34.1 Å². The third-order valence-corrected chi connectivity index (χ3v) is 4.33. The molecule has 27 heavy (non-hydrogen) atoms. The lowest BCUT2D eigenvalue weighted by molar-refractivity contribution is -0.115. The number of hydrogen-bond donors (Lipinski definition) is 1. The van der Waals surface area contributed by atoms with E-state index in [2.05, 4.69) is 20.5 Å². The molecule has 4 rings (SSSR count). The fourth-order valence-corrected chi connectivity index (χ4v) is 2.98. The standard InChI is InChI=1S/C20H15ClN4O2/c1-12-9-15(21)5-7-16(12)23-18(26)11-19-24-25-20(27-19)14-4-6-17-13(10-14)3-2-8-22-17/h2-10H,11H2,1H3,(H,23,26). The molecule has 7 heteroatoms. The number of halogens is 1. The predicted molar refractivity (Wildman–Crippen MR) is 104 cm³/mol. The second-order valence-electron chi connectivity index (χ2n) is 6.10. The van der Waals surface area contributed by atoms with Crippen LogP contribution < -0.4 is 5.32 Å². The monoisotopic (exact) mass is 378 g/mol. The molecule has 0 unspecified atom stereocenters. The van der Waals surface area contributed by atoms with Gasteiger partial charge in [0.2, 0.25) is 17.7 Å². The van der Waals surface area contributed by atoms with Crippen molar-refractivity contribution in [3.8, 4) is 11.5 Å². The molecule has 0 aliphatic rings. The molecule has 134 valence electrons. The van der Waals surface area contributed by atoms with Gasteiger partial charge < -0.3 is 9.73 Å². The number of aryl methyl sites for hydroxylation is 1. The summed E-state index contributed by atoms with van der Waals surface area (Å²) in [5.41, 5.74) is 3.25. The Balaban J connectivity index is 1.49. The van der Waals surface area contributed by atoms with Crippen molar-refractivity contribution in [3.63, 3.8) is 0 Å². The number of nitrogens with zero attached hydrogens (tertiary/aromatic N) is 3. The minimum atomic E-state index is -0.238. The maximum atomic E-state index is 12.3. The summed E-state index contributed by atoms with van der Waals surface area (Å²) >= 11 is 5.93. The molecule has 0 spiro atoms. The second-order valence-corrected chi connectivity index (χ2v) is 6.53. The Hall–Kier alpha value is -3.25. The van der Waals surface area contributed by atoms with E-state index in [9.17, 15) is 4.79 Å². The van der Waals surface area contributed by atoms with E-state index in [0.717, 1.165) is 22.0 Å². The Morgan fingerprint density at radius 2 is 2.04 bits per heavy atom. The number of pyridine rings is 1. The van der Waals surface area contributed by atoms with E-state index in [1.165, 1.54) is 0 Å². The summed E-state index contributed by atoms with van der Waals surface area (Å²) in [6, 6.07) is 14.8. The maximum Gasteiger partial charge on any atom is 0.247 e. The number of carbonyl (C=O) groups excluding carboxylic acids is 1. The van der Waals surface area contributed by atoms with Crippen molar-refractivity contribution in [1.29, 1.82) is 0 Å². The molecule has 0 fully saturated rings. The first kappa shape index (κ1) is 17.2. The lowest BCUT2D eigenvalue weighted by atomic mass is 10.1. The number of nitrogens with one attached hydrogen (secondary N) is 1. The topological polar surface area (TPSA) is 80.9 Å². The summed E-state index contributed by atoms with van der Waals surface area (Å²) in [6.07, 6.45) is 1.73. The molecule has 2 heterocycles. The molecule has 6 nitrogen and oxygen atoms in total. The van der Waals surface area contributed by atoms with Gasteiger partial charge in [0.1, 0.15) is 6.42 Å². The van der Waals surface area contributed by atoms with E-state index < -0.39 is 0 Å². The SMILES string of the molecule is Cc1cc(Cl)ccc1NC(=O)Cc1nnc(-c2ccc3ncccc3c2)o1. The molecule has 2 aromatic carbocycles. The van der Waals surface area contributed by atoms with E-state index in [1.54, 1.807) is 24.4 Å².